The number of phosphoric ester groups is 1. The number of hydrogen-bond donors (Lipinski definition) is 3. The van der Waals surface area contributed by atoms with E-state index in [0.717, 1.165) is 0 Å². The second-order valence-electron chi connectivity index (χ2n) is 5.07. The Morgan fingerprint density at radius 2 is 2.26 bits per heavy atom. The minimum absolute atomic E-state index is 0.173. The van der Waals surface area contributed by atoms with Crippen molar-refractivity contribution in [1.29, 1.82) is 0 Å². The van der Waals surface area contributed by atoms with E-state index in [1.54, 1.807) is 0 Å². The zero-order valence-corrected chi connectivity index (χ0v) is 13.8. The molecule has 2 aliphatic rings. The number of imidazole rings is 1. The van der Waals surface area contributed by atoms with Crippen LogP contribution in [0.3, 0.4) is 0 Å². The number of ether oxygens (including phenoxy) is 1. The Morgan fingerprint density at radius 1 is 1.48 bits per heavy atom. The maximum atomic E-state index is 11.5. The number of aliphatic hydroxyl groups excluding tert-OH is 1. The second-order valence-corrected chi connectivity index (χ2v) is 7.19. The van der Waals surface area contributed by atoms with Crippen LogP contribution in [0.2, 0.25) is 0 Å². The van der Waals surface area contributed by atoms with Crippen molar-refractivity contribution in [2.45, 2.75) is 24.5 Å². The van der Waals surface area contributed by atoms with Gasteiger partial charge in [-0.2, -0.15) is 0 Å². The highest BCUT2D eigenvalue weighted by molar-refractivity contribution is 9.10. The molecule has 11 nitrogen and oxygen atoms in total. The Kier molecular flexibility index (Phi) is 3.47. The lowest BCUT2D eigenvalue weighted by Gasteiger charge is -2.27. The summed E-state index contributed by atoms with van der Waals surface area (Å²) in [5.74, 6) is 0.179. The molecule has 13 heteroatoms. The van der Waals surface area contributed by atoms with E-state index in [1.807, 2.05) is 0 Å². The average molecular weight is 408 g/mol. The molecule has 2 aromatic rings. The van der Waals surface area contributed by atoms with Crippen molar-refractivity contribution in [1.82, 2.24) is 19.5 Å². The van der Waals surface area contributed by atoms with E-state index in [1.165, 1.54) is 10.9 Å². The minimum Gasteiger partial charge on any atom is -0.386 e. The Balaban J connectivity index is 1.76. The molecule has 0 aromatic carbocycles. The average Bonchev–Trinajstić information content (AvgIpc) is 2.97. The van der Waals surface area contributed by atoms with Crippen molar-refractivity contribution in [3.05, 3.63) is 11.1 Å². The van der Waals surface area contributed by atoms with Gasteiger partial charge in [0.25, 0.3) is 0 Å². The number of nitrogens with two attached hydrogens (primary N) is 1. The van der Waals surface area contributed by atoms with Crippen LogP contribution >= 0.6 is 23.8 Å². The molecule has 124 valence electrons. The van der Waals surface area contributed by atoms with E-state index in [-0.39, 0.29) is 12.4 Å². The normalized spacial score (nSPS) is 37.2. The fourth-order valence-corrected chi connectivity index (χ4v) is 4.19. The van der Waals surface area contributed by atoms with Crippen LogP contribution in [0.15, 0.2) is 11.1 Å². The van der Waals surface area contributed by atoms with E-state index >= 15 is 0 Å². The molecular formula is C10H11BrN5O6P. The minimum atomic E-state index is -4.19. The Bertz CT molecular complexity index is 831. The molecule has 0 spiro atoms. The largest absolute Gasteiger partial charge is 0.472 e. The number of nitrogen functional groups attached to an aromatic ring is 1. The molecule has 0 aliphatic carbocycles. The van der Waals surface area contributed by atoms with Gasteiger partial charge in [-0.25, -0.2) is 19.5 Å². The molecule has 23 heavy (non-hydrogen) atoms. The maximum absolute atomic E-state index is 11.5. The van der Waals surface area contributed by atoms with Crippen molar-refractivity contribution in [3.8, 4) is 0 Å². The number of rotatable bonds is 1. The summed E-state index contributed by atoms with van der Waals surface area (Å²) in [6.07, 6.45) is -2.62. The van der Waals surface area contributed by atoms with Crippen LogP contribution < -0.4 is 5.73 Å². The molecule has 0 amide bonds. The van der Waals surface area contributed by atoms with Crippen LogP contribution in [0.25, 0.3) is 11.2 Å². The highest BCUT2D eigenvalue weighted by Crippen LogP contribution is 2.52. The van der Waals surface area contributed by atoms with Gasteiger partial charge in [-0.05, 0) is 15.9 Å². The molecule has 2 aliphatic heterocycles. The number of aliphatic hydroxyl groups is 1. The van der Waals surface area contributed by atoms with E-state index < -0.39 is 32.4 Å². The lowest BCUT2D eigenvalue weighted by molar-refractivity contribution is -0.0669. The zero-order valence-electron chi connectivity index (χ0n) is 11.3. The first-order chi connectivity index (χ1) is 10.9. The van der Waals surface area contributed by atoms with Crippen LogP contribution in [-0.4, -0.2) is 54.4 Å². The Hall–Kier alpha value is -1.14. The third-order valence-electron chi connectivity index (χ3n) is 3.68. The third kappa shape index (κ3) is 2.38. The summed E-state index contributed by atoms with van der Waals surface area (Å²) in [5.41, 5.74) is 6.45. The van der Waals surface area contributed by atoms with E-state index in [2.05, 4.69) is 30.9 Å². The topological polar surface area (TPSA) is 155 Å². The van der Waals surface area contributed by atoms with Gasteiger partial charge < -0.3 is 20.5 Å². The van der Waals surface area contributed by atoms with Gasteiger partial charge in [-0.3, -0.25) is 13.6 Å². The van der Waals surface area contributed by atoms with Crippen molar-refractivity contribution >= 4 is 40.7 Å². The first-order valence-corrected chi connectivity index (χ1v) is 8.79. The SMILES string of the molecule is Nc1ncnc2c1nc(Br)n2[C@@H]1OC2COP(=O)(O)O[C@H]2[C@H]1O. The molecule has 4 N–H and O–H groups in total. The third-order valence-corrected chi connectivity index (χ3v) is 5.23. The molecule has 4 heterocycles. The fourth-order valence-electron chi connectivity index (χ4n) is 2.67. The summed E-state index contributed by atoms with van der Waals surface area (Å²) in [7, 11) is -4.19. The summed E-state index contributed by atoms with van der Waals surface area (Å²) in [6.45, 7) is -0.173. The quantitative estimate of drug-likeness (QED) is 0.432. The van der Waals surface area contributed by atoms with E-state index in [4.69, 9.17) is 19.5 Å². The Morgan fingerprint density at radius 3 is 3.04 bits per heavy atom. The smallest absolute Gasteiger partial charge is 0.386 e. The van der Waals surface area contributed by atoms with Gasteiger partial charge in [-0.15, -0.1) is 0 Å². The highest BCUT2D eigenvalue weighted by Gasteiger charge is 2.53. The lowest BCUT2D eigenvalue weighted by Crippen LogP contribution is -2.39. The molecule has 2 unspecified atom stereocenters. The summed E-state index contributed by atoms with van der Waals surface area (Å²) < 4.78 is 28.6. The number of aromatic nitrogens is 4. The van der Waals surface area contributed by atoms with Crippen molar-refractivity contribution in [2.75, 3.05) is 12.3 Å². The molecule has 2 aromatic heterocycles. The predicted molar refractivity (Wildman–Crippen MR) is 78.0 cm³/mol. The van der Waals surface area contributed by atoms with E-state index in [9.17, 15) is 14.6 Å². The van der Waals surface area contributed by atoms with Crippen LogP contribution in [0.1, 0.15) is 6.23 Å². The van der Waals surface area contributed by atoms with Crippen molar-refractivity contribution < 1.29 is 28.3 Å². The second kappa shape index (κ2) is 5.18. The molecule has 0 radical (unpaired) electrons. The monoisotopic (exact) mass is 407 g/mol. The molecular weight excluding hydrogens is 397 g/mol. The first-order valence-electron chi connectivity index (χ1n) is 6.50. The highest BCUT2D eigenvalue weighted by atomic mass is 79.9. The van der Waals surface area contributed by atoms with Gasteiger partial charge in [0.2, 0.25) is 0 Å². The van der Waals surface area contributed by atoms with Gasteiger partial charge >= 0.3 is 7.82 Å². The fraction of sp³-hybridized carbons (Fsp3) is 0.500. The van der Waals surface area contributed by atoms with Gasteiger partial charge in [0.05, 0.1) is 6.61 Å². The van der Waals surface area contributed by atoms with Gasteiger partial charge in [0, 0.05) is 0 Å². The van der Waals surface area contributed by atoms with Crippen molar-refractivity contribution in [2.24, 2.45) is 0 Å². The van der Waals surface area contributed by atoms with Gasteiger partial charge in [0.1, 0.15) is 24.6 Å². The van der Waals surface area contributed by atoms with Crippen LogP contribution in [0.5, 0.6) is 0 Å². The van der Waals surface area contributed by atoms with Crippen LogP contribution in [0, 0.1) is 0 Å². The number of nitrogens with zero attached hydrogens (tertiary/aromatic N) is 4. The van der Waals surface area contributed by atoms with Crippen molar-refractivity contribution in [3.63, 3.8) is 0 Å². The zero-order chi connectivity index (χ0) is 16.4. The summed E-state index contributed by atoms with van der Waals surface area (Å²) in [4.78, 5) is 21.5. The van der Waals surface area contributed by atoms with Gasteiger partial charge in [0.15, 0.2) is 27.9 Å². The number of fused-ring (bicyclic) bond motifs is 2. The molecule has 4 rings (SSSR count). The summed E-state index contributed by atoms with van der Waals surface area (Å²) in [6, 6.07) is 0. The molecule has 0 saturated carbocycles. The van der Waals surface area contributed by atoms with Crippen LogP contribution in [-0.2, 0) is 18.3 Å². The lowest BCUT2D eigenvalue weighted by atomic mass is 10.1. The van der Waals surface area contributed by atoms with Gasteiger partial charge in [-0.1, -0.05) is 0 Å². The molecule has 0 bridgehead atoms. The van der Waals surface area contributed by atoms with Crippen LogP contribution in [0.4, 0.5) is 5.82 Å². The standard InChI is InChI=1S/C10H11BrN5O6P/c11-10-15-4-7(12)13-2-14-8(4)16(10)9-5(17)6-3(21-9)1-20-23(18,19)22-6/h2-3,5-6,9,17H,1H2,(H,18,19)(H2,12,13,14)/t3?,5-,6-,9-/m1/s1. The predicted octanol–water partition coefficient (Wildman–Crippen LogP) is -0.0549. The number of halogens is 1. The number of phosphoric acid groups is 1. The molecule has 2 saturated heterocycles. The van der Waals surface area contributed by atoms with E-state index in [0.29, 0.717) is 15.9 Å². The molecule has 5 atom stereocenters. The number of anilines is 1. The summed E-state index contributed by atoms with van der Waals surface area (Å²) in [5, 5.41) is 10.5. The number of hydrogen-bond acceptors (Lipinski definition) is 9. The molecule has 2 fully saturated rings. The summed E-state index contributed by atoms with van der Waals surface area (Å²) >= 11 is 3.26. The first kappa shape index (κ1) is 15.4. The maximum Gasteiger partial charge on any atom is 0.472 e. The Labute approximate surface area is 137 Å².